The first-order valence-corrected chi connectivity index (χ1v) is 7.07. The first kappa shape index (κ1) is 14.2. The van der Waals surface area contributed by atoms with E-state index in [1.54, 1.807) is 6.07 Å². The van der Waals surface area contributed by atoms with E-state index < -0.39 is 0 Å². The number of pyridine rings is 1. The lowest BCUT2D eigenvalue weighted by Gasteiger charge is -2.34. The van der Waals surface area contributed by atoms with Crippen molar-refractivity contribution in [1.82, 2.24) is 4.98 Å². The van der Waals surface area contributed by atoms with Gasteiger partial charge in [0.05, 0.1) is 16.1 Å². The number of halogens is 3. The maximum absolute atomic E-state index is 9.57. The van der Waals surface area contributed by atoms with Gasteiger partial charge in [0.1, 0.15) is 11.0 Å². The smallest absolute Gasteiger partial charge is 0.150 e. The van der Waals surface area contributed by atoms with E-state index >= 15 is 0 Å². The molecule has 18 heavy (non-hydrogen) atoms. The van der Waals surface area contributed by atoms with E-state index in [2.05, 4.69) is 9.88 Å². The van der Waals surface area contributed by atoms with Gasteiger partial charge in [0.25, 0.3) is 0 Å². The summed E-state index contributed by atoms with van der Waals surface area (Å²) in [6.07, 6.45) is 1.59. The molecule has 1 saturated heterocycles. The van der Waals surface area contributed by atoms with Crippen molar-refractivity contribution < 1.29 is 5.11 Å². The van der Waals surface area contributed by atoms with Crippen LogP contribution in [0.1, 0.15) is 19.8 Å². The number of hydrogen-bond donors (Lipinski definition) is 1. The summed E-state index contributed by atoms with van der Waals surface area (Å²) in [5.41, 5.74) is 0. The third kappa shape index (κ3) is 3.02. The van der Waals surface area contributed by atoms with E-state index in [0.29, 0.717) is 21.8 Å². The van der Waals surface area contributed by atoms with Gasteiger partial charge in [-0.25, -0.2) is 4.98 Å². The Balaban J connectivity index is 2.12. The van der Waals surface area contributed by atoms with Crippen molar-refractivity contribution in [3.63, 3.8) is 0 Å². The molecule has 1 aliphatic rings. The Labute approximate surface area is 122 Å². The van der Waals surface area contributed by atoms with Crippen molar-refractivity contribution >= 4 is 40.6 Å². The zero-order valence-corrected chi connectivity index (χ0v) is 12.3. The van der Waals surface area contributed by atoms with Crippen LogP contribution in [0.2, 0.25) is 15.2 Å². The van der Waals surface area contributed by atoms with E-state index in [1.807, 2.05) is 6.92 Å². The van der Waals surface area contributed by atoms with Crippen LogP contribution < -0.4 is 4.90 Å². The molecule has 100 valence electrons. The second-order valence-electron chi connectivity index (χ2n) is 4.63. The molecule has 3 nitrogen and oxygen atoms in total. The predicted octanol–water partition coefficient (Wildman–Crippen LogP) is 3.64. The van der Waals surface area contributed by atoms with Crippen LogP contribution in [0.25, 0.3) is 0 Å². The van der Waals surface area contributed by atoms with Crippen LogP contribution in [0.5, 0.6) is 0 Å². The summed E-state index contributed by atoms with van der Waals surface area (Å²) < 4.78 is 0. The molecular weight excluding hydrogens is 295 g/mol. The standard InChI is InChI=1S/C12H15Cl3N2O/c1-7(18)8-2-4-17(5-3-8)12-10(14)6-9(13)11(15)16-12/h6-8,18H,2-5H2,1H3. The zero-order chi connectivity index (χ0) is 13.3. The number of hydrogen-bond acceptors (Lipinski definition) is 3. The Hall–Kier alpha value is -0.220. The Bertz CT molecular complexity index is 432. The molecule has 0 aromatic carbocycles. The second-order valence-corrected chi connectivity index (χ2v) is 5.80. The molecule has 0 aliphatic carbocycles. The molecule has 0 saturated carbocycles. The summed E-state index contributed by atoms with van der Waals surface area (Å²) in [6, 6.07) is 1.62. The normalized spacial score (nSPS) is 19.1. The van der Waals surface area contributed by atoms with Crippen molar-refractivity contribution in [1.29, 1.82) is 0 Å². The molecule has 2 rings (SSSR count). The molecule has 1 atom stereocenters. The predicted molar refractivity (Wildman–Crippen MR) is 75.9 cm³/mol. The fourth-order valence-electron chi connectivity index (χ4n) is 2.25. The monoisotopic (exact) mass is 308 g/mol. The maximum atomic E-state index is 9.57. The van der Waals surface area contributed by atoms with Crippen LogP contribution in [-0.2, 0) is 0 Å². The number of aliphatic hydroxyl groups excluding tert-OH is 1. The quantitative estimate of drug-likeness (QED) is 0.847. The summed E-state index contributed by atoms with van der Waals surface area (Å²) in [5.74, 6) is 1.03. The van der Waals surface area contributed by atoms with Crippen LogP contribution in [0.4, 0.5) is 5.82 Å². The Morgan fingerprint density at radius 3 is 2.44 bits per heavy atom. The first-order valence-electron chi connectivity index (χ1n) is 5.93. The summed E-state index contributed by atoms with van der Waals surface area (Å²) in [5, 5.41) is 10.7. The molecule has 1 aliphatic heterocycles. The van der Waals surface area contributed by atoms with Crippen molar-refractivity contribution in [3.05, 3.63) is 21.3 Å². The molecule has 0 radical (unpaired) electrons. The fourth-order valence-corrected chi connectivity index (χ4v) is 2.86. The highest BCUT2D eigenvalue weighted by Gasteiger charge is 2.25. The molecule has 2 heterocycles. The van der Waals surface area contributed by atoms with Crippen LogP contribution in [0.3, 0.4) is 0 Å². The van der Waals surface area contributed by atoms with Crippen molar-refractivity contribution in [3.8, 4) is 0 Å². The number of aliphatic hydroxyl groups is 1. The van der Waals surface area contributed by atoms with Gasteiger partial charge < -0.3 is 10.0 Å². The molecule has 1 N–H and O–H groups in total. The Morgan fingerprint density at radius 1 is 1.28 bits per heavy atom. The summed E-state index contributed by atoms with van der Waals surface area (Å²) >= 11 is 17.9. The van der Waals surface area contributed by atoms with E-state index in [9.17, 15) is 5.11 Å². The number of aromatic nitrogens is 1. The van der Waals surface area contributed by atoms with Gasteiger partial charge in [-0.05, 0) is 31.7 Å². The van der Waals surface area contributed by atoms with Crippen LogP contribution >= 0.6 is 34.8 Å². The summed E-state index contributed by atoms with van der Waals surface area (Å²) in [4.78, 5) is 6.32. The molecule has 1 aromatic heterocycles. The van der Waals surface area contributed by atoms with Crippen LogP contribution in [0.15, 0.2) is 6.07 Å². The maximum Gasteiger partial charge on any atom is 0.150 e. The second kappa shape index (κ2) is 5.83. The highest BCUT2D eigenvalue weighted by molar-refractivity contribution is 6.42. The summed E-state index contributed by atoms with van der Waals surface area (Å²) in [7, 11) is 0. The highest BCUT2D eigenvalue weighted by Crippen LogP contribution is 2.33. The van der Waals surface area contributed by atoms with Crippen LogP contribution in [-0.4, -0.2) is 29.3 Å². The Morgan fingerprint density at radius 2 is 1.89 bits per heavy atom. The van der Waals surface area contributed by atoms with E-state index in [4.69, 9.17) is 34.8 Å². The van der Waals surface area contributed by atoms with Gasteiger partial charge in [-0.3, -0.25) is 0 Å². The largest absolute Gasteiger partial charge is 0.393 e. The minimum Gasteiger partial charge on any atom is -0.393 e. The van der Waals surface area contributed by atoms with Gasteiger partial charge in [-0.1, -0.05) is 34.8 Å². The average molecular weight is 310 g/mol. The lowest BCUT2D eigenvalue weighted by Crippen LogP contribution is -2.37. The first-order chi connectivity index (χ1) is 8.49. The lowest BCUT2D eigenvalue weighted by atomic mass is 9.92. The van der Waals surface area contributed by atoms with E-state index in [-0.39, 0.29) is 11.3 Å². The number of rotatable bonds is 2. The average Bonchev–Trinajstić information content (AvgIpc) is 2.34. The topological polar surface area (TPSA) is 36.4 Å². The molecule has 6 heteroatoms. The minimum atomic E-state index is -0.260. The third-order valence-corrected chi connectivity index (χ3v) is 4.34. The SMILES string of the molecule is CC(O)C1CCN(c2nc(Cl)c(Cl)cc2Cl)CC1. The highest BCUT2D eigenvalue weighted by atomic mass is 35.5. The Kier molecular flexibility index (Phi) is 4.59. The van der Waals surface area contributed by atoms with Crippen LogP contribution in [0, 0.1) is 5.92 Å². The number of anilines is 1. The van der Waals surface area contributed by atoms with Crippen molar-refractivity contribution in [2.75, 3.05) is 18.0 Å². The fraction of sp³-hybridized carbons (Fsp3) is 0.583. The lowest BCUT2D eigenvalue weighted by molar-refractivity contribution is 0.110. The molecular formula is C12H15Cl3N2O. The minimum absolute atomic E-state index is 0.260. The molecule has 0 bridgehead atoms. The van der Waals surface area contributed by atoms with Gasteiger partial charge in [0.15, 0.2) is 0 Å². The van der Waals surface area contributed by atoms with Gasteiger partial charge in [-0.2, -0.15) is 0 Å². The van der Waals surface area contributed by atoms with Crippen molar-refractivity contribution in [2.24, 2.45) is 5.92 Å². The van der Waals surface area contributed by atoms with Crippen molar-refractivity contribution in [2.45, 2.75) is 25.9 Å². The molecule has 1 aromatic rings. The molecule has 0 spiro atoms. The van der Waals surface area contributed by atoms with Gasteiger partial charge in [0.2, 0.25) is 0 Å². The number of piperidine rings is 1. The van der Waals surface area contributed by atoms with Gasteiger partial charge in [-0.15, -0.1) is 0 Å². The molecule has 1 unspecified atom stereocenters. The van der Waals surface area contributed by atoms with Gasteiger partial charge in [0, 0.05) is 13.1 Å². The number of nitrogens with zero attached hydrogens (tertiary/aromatic N) is 2. The third-order valence-electron chi connectivity index (χ3n) is 3.39. The van der Waals surface area contributed by atoms with Gasteiger partial charge >= 0.3 is 0 Å². The molecule has 1 fully saturated rings. The summed E-state index contributed by atoms with van der Waals surface area (Å²) in [6.45, 7) is 3.48. The van der Waals surface area contributed by atoms with E-state index in [1.165, 1.54) is 0 Å². The van der Waals surface area contributed by atoms with E-state index in [0.717, 1.165) is 25.9 Å². The zero-order valence-electron chi connectivity index (χ0n) is 10.0. The molecule has 0 amide bonds.